The first kappa shape index (κ1) is 12.2. The summed E-state index contributed by atoms with van der Waals surface area (Å²) >= 11 is 0. The number of ketones is 1. The molecule has 6 heteroatoms. The molecular weight excluding hydrogens is 223 g/mol. The number of halogens is 3. The maximum atomic E-state index is 12.1. The predicted octanol–water partition coefficient (Wildman–Crippen LogP) is 2.30. The normalized spacial score (nSPS) is 12.6. The van der Waals surface area contributed by atoms with E-state index in [4.69, 9.17) is 5.21 Å². The molecule has 0 spiro atoms. The Morgan fingerprint density at radius 1 is 1.25 bits per heavy atom. The van der Waals surface area contributed by atoms with Crippen molar-refractivity contribution >= 4 is 11.5 Å². The lowest BCUT2D eigenvalue weighted by atomic mass is 10.0. The van der Waals surface area contributed by atoms with Gasteiger partial charge in [0.1, 0.15) is 0 Å². The van der Waals surface area contributed by atoms with Gasteiger partial charge < -0.3 is 5.21 Å². The largest absolute Gasteiger partial charge is 0.456 e. The Kier molecular flexibility index (Phi) is 3.31. The lowest BCUT2D eigenvalue weighted by Crippen LogP contribution is -2.31. The molecule has 0 saturated heterocycles. The van der Waals surface area contributed by atoms with Crippen molar-refractivity contribution in [3.63, 3.8) is 0 Å². The molecule has 0 fully saturated rings. The van der Waals surface area contributed by atoms with E-state index in [1.807, 2.05) is 0 Å². The molecule has 3 nitrogen and oxygen atoms in total. The molecule has 0 amide bonds. The molecule has 0 saturated carbocycles. The first-order valence-electron chi connectivity index (χ1n) is 4.27. The van der Waals surface area contributed by atoms with Crippen molar-refractivity contribution in [2.45, 2.75) is 13.1 Å². The van der Waals surface area contributed by atoms with Crippen LogP contribution in [-0.2, 0) is 4.79 Å². The number of Topliss-reactive ketones (excluding diaryl/α,β-unsaturated/α-hetero) is 1. The van der Waals surface area contributed by atoms with Crippen LogP contribution in [0.4, 0.5) is 13.2 Å². The fraction of sp³-hybridized carbons (Fsp3) is 0.200. The van der Waals surface area contributed by atoms with Crippen LogP contribution >= 0.6 is 0 Å². The van der Waals surface area contributed by atoms with Gasteiger partial charge in [0.2, 0.25) is 0 Å². The van der Waals surface area contributed by atoms with Crippen molar-refractivity contribution in [1.82, 2.24) is 0 Å². The second kappa shape index (κ2) is 4.34. The SMILES string of the molecule is Cc1ccc(/C(=N\O)C(=O)C(F)(F)F)cc1. The average molecular weight is 231 g/mol. The Balaban J connectivity index is 3.10. The zero-order valence-corrected chi connectivity index (χ0v) is 8.25. The predicted molar refractivity (Wildman–Crippen MR) is 50.6 cm³/mol. The highest BCUT2D eigenvalue weighted by Crippen LogP contribution is 2.19. The molecule has 0 aliphatic carbocycles. The Morgan fingerprint density at radius 3 is 2.12 bits per heavy atom. The van der Waals surface area contributed by atoms with E-state index in [1.54, 1.807) is 6.92 Å². The summed E-state index contributed by atoms with van der Waals surface area (Å²) in [6.07, 6.45) is -5.05. The van der Waals surface area contributed by atoms with Gasteiger partial charge >= 0.3 is 6.18 Å². The van der Waals surface area contributed by atoms with Crippen LogP contribution in [-0.4, -0.2) is 22.9 Å². The third-order valence-electron chi connectivity index (χ3n) is 1.90. The van der Waals surface area contributed by atoms with Crippen molar-refractivity contribution in [3.8, 4) is 0 Å². The molecule has 0 heterocycles. The minimum absolute atomic E-state index is 0.0737. The molecule has 1 aromatic rings. The molecule has 16 heavy (non-hydrogen) atoms. The van der Waals surface area contributed by atoms with E-state index >= 15 is 0 Å². The summed E-state index contributed by atoms with van der Waals surface area (Å²) in [5.74, 6) is -2.17. The number of aryl methyl sites for hydroxylation is 1. The molecule has 0 atom stereocenters. The number of carbonyl (C=O) groups is 1. The standard InChI is InChI=1S/C10H8F3NO2/c1-6-2-4-7(5-3-6)8(14-16)9(15)10(11,12)13/h2-5,16H,1H3/b14-8+. The molecule has 1 rings (SSSR count). The van der Waals surface area contributed by atoms with Gasteiger partial charge in [0.15, 0.2) is 5.71 Å². The number of hydrogen-bond acceptors (Lipinski definition) is 3. The van der Waals surface area contributed by atoms with Gasteiger partial charge in [-0.2, -0.15) is 13.2 Å². The molecule has 0 radical (unpaired) electrons. The number of nitrogens with zero attached hydrogens (tertiary/aromatic N) is 1. The molecule has 0 aromatic heterocycles. The van der Waals surface area contributed by atoms with Crippen LogP contribution in [0.15, 0.2) is 29.4 Å². The van der Waals surface area contributed by atoms with Gasteiger partial charge in [-0.3, -0.25) is 4.79 Å². The van der Waals surface area contributed by atoms with Crippen molar-refractivity contribution in [2.24, 2.45) is 5.16 Å². The zero-order valence-electron chi connectivity index (χ0n) is 8.25. The minimum Gasteiger partial charge on any atom is -0.410 e. The Labute approximate surface area is 89.2 Å². The monoisotopic (exact) mass is 231 g/mol. The van der Waals surface area contributed by atoms with Crippen LogP contribution in [0.1, 0.15) is 11.1 Å². The fourth-order valence-electron chi connectivity index (χ4n) is 1.08. The minimum atomic E-state index is -5.05. The van der Waals surface area contributed by atoms with Crippen LogP contribution in [0.25, 0.3) is 0 Å². The van der Waals surface area contributed by atoms with Gasteiger partial charge in [0, 0.05) is 5.56 Å². The Hall–Kier alpha value is -1.85. The first-order valence-corrected chi connectivity index (χ1v) is 4.27. The van der Waals surface area contributed by atoms with Crippen LogP contribution in [0.2, 0.25) is 0 Å². The van der Waals surface area contributed by atoms with Gasteiger partial charge in [-0.05, 0) is 6.92 Å². The van der Waals surface area contributed by atoms with Gasteiger partial charge in [0.25, 0.3) is 5.78 Å². The van der Waals surface area contributed by atoms with E-state index in [9.17, 15) is 18.0 Å². The number of alkyl halides is 3. The van der Waals surface area contributed by atoms with Crippen molar-refractivity contribution in [2.75, 3.05) is 0 Å². The van der Waals surface area contributed by atoms with E-state index in [-0.39, 0.29) is 5.56 Å². The number of rotatable bonds is 2. The smallest absolute Gasteiger partial charge is 0.410 e. The molecule has 0 bridgehead atoms. The fourth-order valence-corrected chi connectivity index (χ4v) is 1.08. The van der Waals surface area contributed by atoms with Gasteiger partial charge in [-0.25, -0.2) is 0 Å². The maximum Gasteiger partial charge on any atom is 0.456 e. The van der Waals surface area contributed by atoms with Gasteiger partial charge in [0.05, 0.1) is 0 Å². The summed E-state index contributed by atoms with van der Waals surface area (Å²) in [5.41, 5.74) is -0.261. The van der Waals surface area contributed by atoms with E-state index in [0.29, 0.717) is 0 Å². The molecule has 86 valence electrons. The molecular formula is C10H8F3NO2. The summed E-state index contributed by atoms with van der Waals surface area (Å²) in [4.78, 5) is 10.9. The number of carbonyl (C=O) groups excluding carboxylic acids is 1. The number of hydrogen-bond donors (Lipinski definition) is 1. The summed E-state index contributed by atoms with van der Waals surface area (Å²) in [6.45, 7) is 1.74. The summed E-state index contributed by atoms with van der Waals surface area (Å²) < 4.78 is 36.3. The first-order chi connectivity index (χ1) is 7.36. The lowest BCUT2D eigenvalue weighted by Gasteiger charge is -2.06. The summed E-state index contributed by atoms with van der Waals surface area (Å²) in [7, 11) is 0. The van der Waals surface area contributed by atoms with Crippen LogP contribution < -0.4 is 0 Å². The van der Waals surface area contributed by atoms with Crippen molar-refractivity contribution < 1.29 is 23.2 Å². The maximum absolute atomic E-state index is 12.1. The Morgan fingerprint density at radius 2 is 1.75 bits per heavy atom. The highest BCUT2D eigenvalue weighted by atomic mass is 19.4. The second-order valence-corrected chi connectivity index (χ2v) is 3.14. The Bertz CT molecular complexity index is 421. The quantitative estimate of drug-likeness (QED) is 0.482. The summed E-state index contributed by atoms with van der Waals surface area (Å²) in [5, 5.41) is 10.9. The van der Waals surface area contributed by atoms with Crippen molar-refractivity contribution in [1.29, 1.82) is 0 Å². The number of oxime groups is 1. The van der Waals surface area contributed by atoms with Crippen molar-refractivity contribution in [3.05, 3.63) is 35.4 Å². The average Bonchev–Trinajstić information content (AvgIpc) is 2.20. The topological polar surface area (TPSA) is 49.7 Å². The third-order valence-corrected chi connectivity index (χ3v) is 1.90. The molecule has 1 aromatic carbocycles. The van der Waals surface area contributed by atoms with Crippen LogP contribution in [0.3, 0.4) is 0 Å². The molecule has 0 aliphatic heterocycles. The third kappa shape index (κ3) is 2.59. The molecule has 0 unspecified atom stereocenters. The summed E-state index contributed by atoms with van der Waals surface area (Å²) in [6, 6.07) is 5.61. The van der Waals surface area contributed by atoms with Gasteiger partial charge in [-0.15, -0.1) is 0 Å². The van der Waals surface area contributed by atoms with E-state index in [2.05, 4.69) is 5.16 Å². The van der Waals surface area contributed by atoms with E-state index in [0.717, 1.165) is 5.56 Å². The van der Waals surface area contributed by atoms with E-state index < -0.39 is 17.7 Å². The lowest BCUT2D eigenvalue weighted by molar-refractivity contribution is -0.163. The molecule has 1 N–H and O–H groups in total. The van der Waals surface area contributed by atoms with Gasteiger partial charge in [-0.1, -0.05) is 35.0 Å². The van der Waals surface area contributed by atoms with Crippen LogP contribution in [0, 0.1) is 6.92 Å². The molecule has 0 aliphatic rings. The highest BCUT2D eigenvalue weighted by Gasteiger charge is 2.42. The highest BCUT2D eigenvalue weighted by molar-refractivity contribution is 6.47. The van der Waals surface area contributed by atoms with Crippen LogP contribution in [0.5, 0.6) is 0 Å². The van der Waals surface area contributed by atoms with E-state index in [1.165, 1.54) is 24.3 Å². The number of benzene rings is 1. The second-order valence-electron chi connectivity index (χ2n) is 3.14. The zero-order chi connectivity index (χ0) is 12.3.